The van der Waals surface area contributed by atoms with Crippen molar-refractivity contribution in [2.75, 3.05) is 5.32 Å². The summed E-state index contributed by atoms with van der Waals surface area (Å²) in [5, 5.41) is 11.8. The quantitative estimate of drug-likeness (QED) is 0.692. The van der Waals surface area contributed by atoms with E-state index < -0.39 is 11.7 Å². The highest BCUT2D eigenvalue weighted by molar-refractivity contribution is 6.09. The topological polar surface area (TPSA) is 62.1 Å². The molecule has 0 aromatic heterocycles. The lowest BCUT2D eigenvalue weighted by Gasteiger charge is -2.05. The van der Waals surface area contributed by atoms with Crippen molar-refractivity contribution < 1.29 is 13.9 Å². The number of anilines is 1. The lowest BCUT2D eigenvalue weighted by atomic mass is 10.0. The van der Waals surface area contributed by atoms with Crippen molar-refractivity contribution in [2.24, 2.45) is 0 Å². The summed E-state index contributed by atoms with van der Waals surface area (Å²) in [4.78, 5) is 12.2. The number of nitriles is 1. The predicted octanol–water partition coefficient (Wildman–Crippen LogP) is 3.69. The molecule has 0 spiro atoms. The van der Waals surface area contributed by atoms with Gasteiger partial charge in [-0.2, -0.15) is 5.26 Å². The molecule has 1 aliphatic heterocycles. The monoisotopic (exact) mass is 322 g/mol. The average Bonchev–Trinajstić information content (AvgIpc) is 2.94. The number of ether oxygens (including phenoxy) is 1. The third kappa shape index (κ3) is 3.44. The lowest BCUT2D eigenvalue weighted by Crippen LogP contribution is -2.13. The van der Waals surface area contributed by atoms with Crippen molar-refractivity contribution >= 4 is 17.7 Å². The second kappa shape index (κ2) is 6.55. The minimum Gasteiger partial charge on any atom is -0.490 e. The number of nitrogens with one attached hydrogen (secondary N) is 1. The molecule has 5 heteroatoms. The summed E-state index contributed by atoms with van der Waals surface area (Å²) in [5.41, 5.74) is 2.23. The van der Waals surface area contributed by atoms with Crippen LogP contribution >= 0.6 is 0 Å². The summed E-state index contributed by atoms with van der Waals surface area (Å²) in [6.45, 7) is 1.99. The first-order valence-electron chi connectivity index (χ1n) is 7.53. The van der Waals surface area contributed by atoms with E-state index >= 15 is 0 Å². The summed E-state index contributed by atoms with van der Waals surface area (Å²) in [7, 11) is 0. The number of nitrogens with zero attached hydrogens (tertiary/aromatic N) is 1. The Labute approximate surface area is 139 Å². The van der Waals surface area contributed by atoms with Crippen LogP contribution in [0.25, 0.3) is 6.08 Å². The van der Waals surface area contributed by atoms with Gasteiger partial charge in [0.15, 0.2) is 0 Å². The molecule has 1 atom stereocenters. The van der Waals surface area contributed by atoms with Gasteiger partial charge in [0, 0.05) is 12.1 Å². The van der Waals surface area contributed by atoms with Crippen LogP contribution in [-0.2, 0) is 11.2 Å². The minimum atomic E-state index is -0.533. The molecule has 1 heterocycles. The summed E-state index contributed by atoms with van der Waals surface area (Å²) >= 11 is 0. The van der Waals surface area contributed by atoms with E-state index in [1.165, 1.54) is 30.3 Å². The highest BCUT2D eigenvalue weighted by atomic mass is 19.1. The van der Waals surface area contributed by atoms with E-state index in [1.807, 2.05) is 25.1 Å². The third-order valence-corrected chi connectivity index (χ3v) is 3.70. The van der Waals surface area contributed by atoms with E-state index in [-0.39, 0.29) is 11.7 Å². The van der Waals surface area contributed by atoms with Crippen molar-refractivity contribution in [3.05, 3.63) is 65.0 Å². The molecule has 4 nitrogen and oxygen atoms in total. The van der Waals surface area contributed by atoms with Gasteiger partial charge in [-0.25, -0.2) is 4.39 Å². The molecule has 0 saturated heterocycles. The van der Waals surface area contributed by atoms with E-state index in [1.54, 1.807) is 6.07 Å². The van der Waals surface area contributed by atoms with Crippen LogP contribution in [0.15, 0.2) is 48.0 Å². The SMILES string of the molecule is CC1Cc2cc(/C=C(/C#N)C(=O)Nc3ccc(F)cc3)ccc2O1. The van der Waals surface area contributed by atoms with Gasteiger partial charge < -0.3 is 10.1 Å². The van der Waals surface area contributed by atoms with Crippen LogP contribution in [0.1, 0.15) is 18.1 Å². The van der Waals surface area contributed by atoms with Crippen LogP contribution in [0.4, 0.5) is 10.1 Å². The second-order valence-electron chi connectivity index (χ2n) is 5.63. The van der Waals surface area contributed by atoms with E-state index in [9.17, 15) is 14.4 Å². The summed E-state index contributed by atoms with van der Waals surface area (Å²) in [5.74, 6) is -0.0817. The molecule has 2 aromatic carbocycles. The van der Waals surface area contributed by atoms with Crippen molar-refractivity contribution in [1.29, 1.82) is 5.26 Å². The summed E-state index contributed by atoms with van der Waals surface area (Å²) in [6.07, 6.45) is 2.47. The first-order chi connectivity index (χ1) is 11.5. The van der Waals surface area contributed by atoms with E-state index in [2.05, 4.69) is 5.32 Å². The molecule has 0 aliphatic carbocycles. The second-order valence-corrected chi connectivity index (χ2v) is 5.63. The Balaban J connectivity index is 1.79. The Kier molecular flexibility index (Phi) is 4.30. The highest BCUT2D eigenvalue weighted by Gasteiger charge is 2.19. The van der Waals surface area contributed by atoms with Crippen molar-refractivity contribution in [1.82, 2.24) is 0 Å². The third-order valence-electron chi connectivity index (χ3n) is 3.70. The maximum atomic E-state index is 12.9. The van der Waals surface area contributed by atoms with Gasteiger partial charge in [-0.1, -0.05) is 6.07 Å². The largest absolute Gasteiger partial charge is 0.490 e. The number of amides is 1. The normalized spacial score (nSPS) is 16.0. The number of rotatable bonds is 3. The molecule has 120 valence electrons. The first-order valence-corrected chi connectivity index (χ1v) is 7.53. The number of hydrogen-bond acceptors (Lipinski definition) is 3. The van der Waals surface area contributed by atoms with Gasteiger partial charge in [0.25, 0.3) is 5.91 Å². The van der Waals surface area contributed by atoms with E-state index in [0.29, 0.717) is 5.69 Å². The summed E-state index contributed by atoms with van der Waals surface area (Å²) < 4.78 is 18.5. The molecule has 1 N–H and O–H groups in total. The van der Waals surface area contributed by atoms with Crippen molar-refractivity contribution in [3.8, 4) is 11.8 Å². The van der Waals surface area contributed by atoms with Gasteiger partial charge in [0.05, 0.1) is 0 Å². The van der Waals surface area contributed by atoms with Gasteiger partial charge >= 0.3 is 0 Å². The molecular weight excluding hydrogens is 307 g/mol. The van der Waals surface area contributed by atoms with Crippen LogP contribution < -0.4 is 10.1 Å². The van der Waals surface area contributed by atoms with E-state index in [0.717, 1.165) is 23.3 Å². The number of hydrogen-bond donors (Lipinski definition) is 1. The molecule has 0 fully saturated rings. The van der Waals surface area contributed by atoms with Crippen molar-refractivity contribution in [2.45, 2.75) is 19.4 Å². The Hall–Kier alpha value is -3.13. The molecule has 3 rings (SSSR count). The zero-order valence-electron chi connectivity index (χ0n) is 13.0. The Morgan fingerprint density at radius 3 is 2.79 bits per heavy atom. The standard InChI is InChI=1S/C19H15FN2O2/c1-12-8-14-9-13(2-7-18(14)24-12)10-15(11-21)19(23)22-17-5-3-16(20)4-6-17/h2-7,9-10,12H,8H2,1H3,(H,22,23)/b15-10-. The van der Waals surface area contributed by atoms with Crippen LogP contribution in [0, 0.1) is 17.1 Å². The van der Waals surface area contributed by atoms with Crippen LogP contribution in [-0.4, -0.2) is 12.0 Å². The predicted molar refractivity (Wildman–Crippen MR) is 88.9 cm³/mol. The van der Waals surface area contributed by atoms with Crippen LogP contribution in [0.5, 0.6) is 5.75 Å². The number of benzene rings is 2. The average molecular weight is 322 g/mol. The fraction of sp³-hybridized carbons (Fsp3) is 0.158. The van der Waals surface area contributed by atoms with Crippen molar-refractivity contribution in [3.63, 3.8) is 0 Å². The smallest absolute Gasteiger partial charge is 0.266 e. The minimum absolute atomic E-state index is 0.0220. The molecule has 2 aromatic rings. The lowest BCUT2D eigenvalue weighted by molar-refractivity contribution is -0.112. The molecule has 0 radical (unpaired) electrons. The number of carbonyl (C=O) groups excluding carboxylic acids is 1. The van der Waals surface area contributed by atoms with Crippen LogP contribution in [0.2, 0.25) is 0 Å². The van der Waals surface area contributed by atoms with Crippen LogP contribution in [0.3, 0.4) is 0 Å². The van der Waals surface area contributed by atoms with Gasteiger partial charge in [0.1, 0.15) is 29.3 Å². The maximum Gasteiger partial charge on any atom is 0.266 e. The molecule has 1 amide bonds. The molecule has 24 heavy (non-hydrogen) atoms. The highest BCUT2D eigenvalue weighted by Crippen LogP contribution is 2.30. The fourth-order valence-corrected chi connectivity index (χ4v) is 2.58. The zero-order chi connectivity index (χ0) is 17.1. The molecular formula is C19H15FN2O2. The molecule has 0 bridgehead atoms. The Bertz CT molecular complexity index is 851. The fourth-order valence-electron chi connectivity index (χ4n) is 2.58. The zero-order valence-corrected chi connectivity index (χ0v) is 13.0. The Morgan fingerprint density at radius 1 is 1.33 bits per heavy atom. The summed E-state index contributed by atoms with van der Waals surface area (Å²) in [6, 6.07) is 12.8. The van der Waals surface area contributed by atoms with Gasteiger partial charge in [-0.15, -0.1) is 0 Å². The molecule has 1 aliphatic rings. The van der Waals surface area contributed by atoms with E-state index in [4.69, 9.17) is 4.74 Å². The van der Waals surface area contributed by atoms with Gasteiger partial charge in [-0.05, 0) is 60.5 Å². The molecule has 0 saturated carbocycles. The first kappa shape index (κ1) is 15.8. The maximum absolute atomic E-state index is 12.9. The molecule has 1 unspecified atom stereocenters. The number of halogens is 1. The van der Waals surface area contributed by atoms with Gasteiger partial charge in [-0.3, -0.25) is 4.79 Å². The number of fused-ring (bicyclic) bond motifs is 1. The van der Waals surface area contributed by atoms with Gasteiger partial charge in [0.2, 0.25) is 0 Å². The Morgan fingerprint density at radius 2 is 2.08 bits per heavy atom. The number of carbonyl (C=O) groups is 1.